The van der Waals surface area contributed by atoms with Crippen molar-refractivity contribution >= 4 is 11.9 Å². The first-order valence-corrected chi connectivity index (χ1v) is 5.77. The first kappa shape index (κ1) is 10.9. The van der Waals surface area contributed by atoms with Gasteiger partial charge in [0.25, 0.3) is 5.91 Å². The second-order valence-electron chi connectivity index (χ2n) is 4.43. The average Bonchev–Trinajstić information content (AvgIpc) is 3.00. The normalized spacial score (nSPS) is 14.8. The van der Waals surface area contributed by atoms with Crippen LogP contribution < -0.4 is 5.32 Å². The Morgan fingerprint density at radius 1 is 1.50 bits per heavy atom. The highest BCUT2D eigenvalue weighted by molar-refractivity contribution is 6.02. The zero-order chi connectivity index (χ0) is 12.7. The highest BCUT2D eigenvalue weighted by atomic mass is 16.3. The molecule has 1 amide bonds. The van der Waals surface area contributed by atoms with E-state index in [2.05, 4.69) is 20.5 Å². The number of carbonyl (C=O) groups is 1. The molecule has 3 rings (SSSR count). The summed E-state index contributed by atoms with van der Waals surface area (Å²) in [6.07, 6.45) is 3.53. The van der Waals surface area contributed by atoms with Gasteiger partial charge in [0.05, 0.1) is 0 Å². The van der Waals surface area contributed by atoms with Crippen molar-refractivity contribution in [3.8, 4) is 0 Å². The maximum absolute atomic E-state index is 11.9. The largest absolute Gasteiger partial charge is 0.448 e. The van der Waals surface area contributed by atoms with Gasteiger partial charge in [-0.15, -0.1) is 10.2 Å². The lowest BCUT2D eigenvalue weighted by atomic mass is 10.3. The molecule has 2 heterocycles. The van der Waals surface area contributed by atoms with Gasteiger partial charge in [-0.25, -0.2) is 4.98 Å². The molecule has 0 unspecified atom stereocenters. The van der Waals surface area contributed by atoms with Gasteiger partial charge < -0.3 is 4.42 Å². The summed E-state index contributed by atoms with van der Waals surface area (Å²) in [5.41, 5.74) is 0.269. The van der Waals surface area contributed by atoms with Gasteiger partial charge in [-0.2, -0.15) is 0 Å². The van der Waals surface area contributed by atoms with Gasteiger partial charge in [0.1, 0.15) is 11.6 Å². The van der Waals surface area contributed by atoms with Gasteiger partial charge >= 0.3 is 0 Å². The van der Waals surface area contributed by atoms with Crippen molar-refractivity contribution in [1.29, 1.82) is 0 Å². The molecule has 0 spiro atoms. The molecule has 7 nitrogen and oxygen atoms in total. The maximum atomic E-state index is 11.9. The minimum Gasteiger partial charge on any atom is -0.448 e. The lowest BCUT2D eigenvalue weighted by Gasteiger charge is -2.03. The molecule has 0 aromatic carbocycles. The molecular weight excluding hydrogens is 234 g/mol. The minimum atomic E-state index is -0.334. The minimum absolute atomic E-state index is 0.269. The molecule has 0 atom stereocenters. The Kier molecular flexibility index (Phi) is 2.39. The van der Waals surface area contributed by atoms with Gasteiger partial charge in [0.2, 0.25) is 5.95 Å². The number of oxazole rings is 1. The summed E-state index contributed by atoms with van der Waals surface area (Å²) in [4.78, 5) is 15.8. The van der Waals surface area contributed by atoms with E-state index in [4.69, 9.17) is 4.42 Å². The van der Waals surface area contributed by atoms with Crippen molar-refractivity contribution in [2.75, 3.05) is 5.32 Å². The van der Waals surface area contributed by atoms with Crippen molar-refractivity contribution in [1.82, 2.24) is 19.7 Å². The number of nitrogens with zero attached hydrogens (tertiary/aromatic N) is 4. The molecule has 1 N–H and O–H groups in total. The molecule has 0 radical (unpaired) electrons. The SMILES string of the molecule is Cc1ocnc1C(=O)Nc1nnc(C2CC2)n1C. The molecule has 0 aliphatic heterocycles. The number of nitrogens with one attached hydrogen (secondary N) is 1. The summed E-state index contributed by atoms with van der Waals surface area (Å²) >= 11 is 0. The number of rotatable bonds is 3. The first-order valence-electron chi connectivity index (χ1n) is 5.77. The fourth-order valence-electron chi connectivity index (χ4n) is 1.83. The van der Waals surface area contributed by atoms with Crippen LogP contribution in [0.1, 0.15) is 40.8 Å². The van der Waals surface area contributed by atoms with Crippen LogP contribution in [0.25, 0.3) is 0 Å². The Morgan fingerprint density at radius 2 is 2.28 bits per heavy atom. The van der Waals surface area contributed by atoms with E-state index in [0.717, 1.165) is 18.7 Å². The summed E-state index contributed by atoms with van der Waals surface area (Å²) < 4.78 is 6.80. The summed E-state index contributed by atoms with van der Waals surface area (Å²) in [6.45, 7) is 1.69. The zero-order valence-electron chi connectivity index (χ0n) is 10.2. The van der Waals surface area contributed by atoms with Crippen LogP contribution in [-0.2, 0) is 7.05 Å². The molecule has 1 fully saturated rings. The van der Waals surface area contributed by atoms with Crippen molar-refractivity contribution < 1.29 is 9.21 Å². The van der Waals surface area contributed by atoms with Crippen LogP contribution in [0.2, 0.25) is 0 Å². The predicted octanol–water partition coefficient (Wildman–Crippen LogP) is 1.24. The number of anilines is 1. The second kappa shape index (κ2) is 3.94. The summed E-state index contributed by atoms with van der Waals surface area (Å²) in [5, 5.41) is 10.8. The van der Waals surface area contributed by atoms with Gasteiger partial charge in [-0.05, 0) is 19.8 Å². The van der Waals surface area contributed by atoms with E-state index in [1.54, 1.807) is 6.92 Å². The number of aromatic nitrogens is 4. The van der Waals surface area contributed by atoms with Crippen LogP contribution in [0.3, 0.4) is 0 Å². The molecule has 2 aromatic heterocycles. The lowest BCUT2D eigenvalue weighted by molar-refractivity contribution is 0.102. The number of aryl methyl sites for hydroxylation is 1. The third-order valence-corrected chi connectivity index (χ3v) is 3.04. The average molecular weight is 247 g/mol. The van der Waals surface area contributed by atoms with Crippen LogP contribution in [0.5, 0.6) is 0 Å². The van der Waals surface area contributed by atoms with E-state index >= 15 is 0 Å². The van der Waals surface area contributed by atoms with E-state index in [9.17, 15) is 4.79 Å². The third kappa shape index (κ3) is 1.77. The van der Waals surface area contributed by atoms with Crippen molar-refractivity contribution in [3.05, 3.63) is 23.7 Å². The van der Waals surface area contributed by atoms with Crippen LogP contribution in [0.4, 0.5) is 5.95 Å². The number of hydrogen-bond acceptors (Lipinski definition) is 5. The zero-order valence-corrected chi connectivity index (χ0v) is 10.2. The fourth-order valence-corrected chi connectivity index (χ4v) is 1.83. The van der Waals surface area contributed by atoms with Gasteiger partial charge in [-0.1, -0.05) is 0 Å². The fraction of sp³-hybridized carbons (Fsp3) is 0.455. The van der Waals surface area contributed by atoms with Crippen molar-refractivity contribution in [2.24, 2.45) is 7.05 Å². The molecule has 0 bridgehead atoms. The quantitative estimate of drug-likeness (QED) is 0.881. The van der Waals surface area contributed by atoms with E-state index in [1.165, 1.54) is 6.39 Å². The molecule has 1 aliphatic rings. The van der Waals surface area contributed by atoms with E-state index in [1.807, 2.05) is 11.6 Å². The highest BCUT2D eigenvalue weighted by Crippen LogP contribution is 2.39. The predicted molar refractivity (Wildman–Crippen MR) is 62.2 cm³/mol. The van der Waals surface area contributed by atoms with E-state index in [0.29, 0.717) is 17.6 Å². The Morgan fingerprint density at radius 3 is 2.89 bits per heavy atom. The second-order valence-corrected chi connectivity index (χ2v) is 4.43. The van der Waals surface area contributed by atoms with Crippen LogP contribution in [0, 0.1) is 6.92 Å². The number of carbonyl (C=O) groups excluding carboxylic acids is 1. The molecule has 2 aromatic rings. The molecule has 94 valence electrons. The number of amides is 1. The maximum Gasteiger partial charge on any atom is 0.280 e. The molecule has 18 heavy (non-hydrogen) atoms. The lowest BCUT2D eigenvalue weighted by Crippen LogP contribution is -2.16. The van der Waals surface area contributed by atoms with Crippen molar-refractivity contribution in [2.45, 2.75) is 25.7 Å². The van der Waals surface area contributed by atoms with E-state index in [-0.39, 0.29) is 11.6 Å². The molecule has 7 heteroatoms. The van der Waals surface area contributed by atoms with Gasteiger partial charge in [0, 0.05) is 13.0 Å². The summed E-state index contributed by atoms with van der Waals surface area (Å²) in [6, 6.07) is 0. The Balaban J connectivity index is 1.80. The van der Waals surface area contributed by atoms with Crippen LogP contribution in [-0.4, -0.2) is 25.7 Å². The van der Waals surface area contributed by atoms with Crippen LogP contribution in [0.15, 0.2) is 10.8 Å². The van der Waals surface area contributed by atoms with Crippen molar-refractivity contribution in [3.63, 3.8) is 0 Å². The Labute approximate surface area is 103 Å². The van der Waals surface area contributed by atoms with Crippen LogP contribution >= 0.6 is 0 Å². The molecule has 0 saturated heterocycles. The molecular formula is C11H13N5O2. The Hall–Kier alpha value is -2.18. The highest BCUT2D eigenvalue weighted by Gasteiger charge is 2.29. The monoisotopic (exact) mass is 247 g/mol. The summed E-state index contributed by atoms with van der Waals surface area (Å²) in [7, 11) is 1.85. The number of hydrogen-bond donors (Lipinski definition) is 1. The van der Waals surface area contributed by atoms with Gasteiger partial charge in [0.15, 0.2) is 12.1 Å². The summed E-state index contributed by atoms with van der Waals surface area (Å²) in [5.74, 6) is 1.99. The smallest absolute Gasteiger partial charge is 0.280 e. The topological polar surface area (TPSA) is 85.8 Å². The standard InChI is InChI=1S/C11H13N5O2/c1-6-8(12-5-18-6)10(17)13-11-15-14-9(16(11)2)7-3-4-7/h5,7H,3-4H2,1-2H3,(H,13,15,17). The third-order valence-electron chi connectivity index (χ3n) is 3.04. The van der Waals surface area contributed by atoms with E-state index < -0.39 is 0 Å². The molecule has 1 saturated carbocycles. The molecule has 1 aliphatic carbocycles. The Bertz CT molecular complexity index is 596. The first-order chi connectivity index (χ1) is 8.66. The van der Waals surface area contributed by atoms with Gasteiger partial charge in [-0.3, -0.25) is 14.7 Å².